The maximum atomic E-state index is 14.9. The van der Waals surface area contributed by atoms with Crippen molar-refractivity contribution in [2.24, 2.45) is 0 Å². The smallest absolute Gasteiger partial charge is 0.267 e. The fourth-order valence-electron chi connectivity index (χ4n) is 26.8. The lowest BCUT2D eigenvalue weighted by Crippen LogP contribution is -2.25. The number of hydrogen-bond donors (Lipinski definition) is 0. The predicted octanol–water partition coefficient (Wildman–Crippen LogP) is 36.3. The van der Waals surface area contributed by atoms with Gasteiger partial charge in [-0.3, -0.25) is 9.59 Å². The Bertz CT molecular complexity index is 7070. The third kappa shape index (κ3) is 14.6. The highest BCUT2D eigenvalue weighted by Gasteiger charge is 2.47. The van der Waals surface area contributed by atoms with Crippen molar-refractivity contribution in [3.05, 3.63) is 354 Å². The van der Waals surface area contributed by atoms with Crippen LogP contribution in [0.3, 0.4) is 0 Å². The van der Waals surface area contributed by atoms with E-state index in [1.807, 2.05) is 28.8 Å². The first-order valence-corrected chi connectivity index (χ1v) is 52.8. The van der Waals surface area contributed by atoms with Gasteiger partial charge < -0.3 is 0 Å². The molecule has 2 heterocycles. The molecule has 0 N–H and O–H groups in total. The molecule has 686 valence electrons. The van der Waals surface area contributed by atoms with Crippen molar-refractivity contribution in [2.45, 2.75) is 295 Å². The largest absolute Gasteiger partial charge is 0.282 e. The number of aromatic nitrogens is 2. The molecule has 16 aromatic rings. The standard InChI is InChI=1S/C132H136N2O2/c1-13-17-21-25-29-37-69-131(70-38-30-26-22-18-14-2)111-43-35-33-41-97(111)107-65-53-95(83-121(107)131)93-51-63-105-103-61-49-91(79-117(103)129(9,10)119(105)81-93)89-47-59-101-99-57-45-87(75-113(99)127(5,6)115(101)77-89)85-55-67-123-109(73-85)125(135)134-126(136)110-74-86(56-68-124(110)133(123)134)88-46-58-100-102-60-48-90(78-116(102)128(7,8)114(100)76-88)92-50-62-104-106-64-52-94(82-120(106)130(11,12)118(104)80-92)96-54-66-108-98-42-34-36-44-112(98)132(122(108)84-96,71-39-31-27-23-19-15-3)72-40-32-28-24-20-16-4/h33-36,41-68,73-84H,13-32,37-40,69-72H2,1-12H3. The molecule has 0 spiro atoms. The van der Waals surface area contributed by atoms with Crippen LogP contribution in [0.4, 0.5) is 0 Å². The van der Waals surface area contributed by atoms with E-state index in [0.717, 1.165) is 22.3 Å². The Kier molecular flexibility index (Phi) is 23.1. The van der Waals surface area contributed by atoms with Gasteiger partial charge in [-0.2, -0.15) is 4.52 Å². The molecule has 6 aliphatic carbocycles. The quantitative estimate of drug-likeness (QED) is 0.0377. The van der Waals surface area contributed by atoms with Gasteiger partial charge in [0.2, 0.25) is 0 Å². The minimum atomic E-state index is -0.306. The summed E-state index contributed by atoms with van der Waals surface area (Å²) in [6, 6.07) is 103. The lowest BCUT2D eigenvalue weighted by Gasteiger charge is -2.33. The monoisotopic (exact) mass is 1780 g/mol. The predicted molar refractivity (Wildman–Crippen MR) is 577 cm³/mol. The minimum Gasteiger partial charge on any atom is -0.267 e. The zero-order valence-electron chi connectivity index (χ0n) is 82.9. The average Bonchev–Trinajstić information content (AvgIpc) is 1.63. The zero-order valence-corrected chi connectivity index (χ0v) is 82.9. The number of unbranched alkanes of at least 4 members (excludes halogenated alkanes) is 20. The van der Waals surface area contributed by atoms with Gasteiger partial charge in [0.1, 0.15) is 0 Å². The second-order valence-corrected chi connectivity index (χ2v) is 44.1. The van der Waals surface area contributed by atoms with Crippen LogP contribution in [0.1, 0.15) is 330 Å². The summed E-state index contributed by atoms with van der Waals surface area (Å²) in [5, 5.41) is 1.05. The number of rotatable bonds is 34. The zero-order chi connectivity index (χ0) is 93.3. The highest BCUT2D eigenvalue weighted by molar-refractivity contribution is 5.97. The summed E-state index contributed by atoms with van der Waals surface area (Å²) in [5.74, 6) is 0. The lowest BCUT2D eigenvalue weighted by molar-refractivity contribution is 0.398. The van der Waals surface area contributed by atoms with E-state index in [1.165, 1.54) is 340 Å². The Labute approximate surface area is 808 Å². The molecule has 0 radical (unpaired) electrons. The van der Waals surface area contributed by atoms with Crippen LogP contribution < -0.4 is 11.1 Å². The summed E-state index contributed by atoms with van der Waals surface area (Å²) in [4.78, 5) is 29.8. The molecule has 2 aromatic heterocycles. The van der Waals surface area contributed by atoms with Gasteiger partial charge in [-0.05, 0) is 311 Å². The lowest BCUT2D eigenvalue weighted by atomic mass is 9.70. The number of hydrogen-bond acceptors (Lipinski definition) is 2. The summed E-state index contributed by atoms with van der Waals surface area (Å²) in [7, 11) is 0. The fourth-order valence-corrected chi connectivity index (χ4v) is 26.8. The van der Waals surface area contributed by atoms with Crippen LogP contribution in [-0.2, 0) is 32.5 Å². The summed E-state index contributed by atoms with van der Waals surface area (Å²) < 4.78 is 3.20. The van der Waals surface area contributed by atoms with Crippen LogP contribution in [0.5, 0.6) is 0 Å². The first-order valence-electron chi connectivity index (χ1n) is 52.8. The molecule has 0 aliphatic heterocycles. The molecule has 22 rings (SSSR count). The van der Waals surface area contributed by atoms with Crippen LogP contribution in [-0.4, -0.2) is 9.03 Å². The van der Waals surface area contributed by atoms with E-state index in [-0.39, 0.29) is 43.6 Å². The molecule has 0 atom stereocenters. The van der Waals surface area contributed by atoms with Crippen molar-refractivity contribution in [3.8, 4) is 134 Å². The van der Waals surface area contributed by atoms with Crippen molar-refractivity contribution in [1.82, 2.24) is 9.03 Å². The van der Waals surface area contributed by atoms with Crippen molar-refractivity contribution in [2.75, 3.05) is 0 Å². The van der Waals surface area contributed by atoms with E-state index >= 15 is 0 Å². The number of benzene rings is 14. The molecular weight excluding hydrogens is 1650 g/mol. The molecule has 0 fully saturated rings. The molecule has 14 aromatic carbocycles. The molecule has 0 unspecified atom stereocenters. The molecule has 136 heavy (non-hydrogen) atoms. The first kappa shape index (κ1) is 89.2. The molecule has 4 heteroatoms. The van der Waals surface area contributed by atoms with Gasteiger partial charge in [0.05, 0.1) is 21.8 Å². The van der Waals surface area contributed by atoms with Gasteiger partial charge in [0.15, 0.2) is 0 Å². The highest BCUT2D eigenvalue weighted by Crippen LogP contribution is 2.61. The van der Waals surface area contributed by atoms with Crippen LogP contribution >= 0.6 is 0 Å². The van der Waals surface area contributed by atoms with Crippen molar-refractivity contribution < 1.29 is 0 Å². The molecule has 4 nitrogen and oxygen atoms in total. The van der Waals surface area contributed by atoms with Crippen LogP contribution in [0.15, 0.2) is 277 Å². The van der Waals surface area contributed by atoms with E-state index in [9.17, 15) is 9.59 Å². The van der Waals surface area contributed by atoms with E-state index in [2.05, 4.69) is 326 Å². The van der Waals surface area contributed by atoms with Gasteiger partial charge in [-0.1, -0.05) is 419 Å². The normalized spacial score (nSPS) is 15.4. The summed E-state index contributed by atoms with van der Waals surface area (Å²) >= 11 is 0. The van der Waals surface area contributed by atoms with Crippen molar-refractivity contribution >= 4 is 21.8 Å². The van der Waals surface area contributed by atoms with Gasteiger partial charge in [-0.25, -0.2) is 4.52 Å². The Morgan fingerprint density at radius 3 is 0.603 bits per heavy atom. The van der Waals surface area contributed by atoms with Gasteiger partial charge >= 0.3 is 0 Å². The molecule has 0 saturated heterocycles. The Morgan fingerprint density at radius 1 is 0.184 bits per heavy atom. The average molecular weight is 1780 g/mol. The van der Waals surface area contributed by atoms with E-state index in [0.29, 0.717) is 21.8 Å². The highest BCUT2D eigenvalue weighted by atomic mass is 16.2. The summed E-state index contributed by atoms with van der Waals surface area (Å²) in [6.07, 6.45) is 36.4. The van der Waals surface area contributed by atoms with Gasteiger partial charge in [0, 0.05) is 32.5 Å². The van der Waals surface area contributed by atoms with Crippen molar-refractivity contribution in [3.63, 3.8) is 0 Å². The van der Waals surface area contributed by atoms with E-state index in [4.69, 9.17) is 0 Å². The fraction of sp³-hybridized carbons (Fsp3) is 0.348. The van der Waals surface area contributed by atoms with Crippen molar-refractivity contribution in [1.29, 1.82) is 0 Å². The molecule has 0 bridgehead atoms. The topological polar surface area (TPSA) is 43.0 Å². The Hall–Kier alpha value is -12.0. The SMILES string of the molecule is CCCCCCCCC1(CCCCCCCC)c2ccccc2-c2ccc(-c3ccc4c(c3)C(C)(C)c3cc(-c5ccc6c(c5)C(C)(C)c5cc(-c7ccc8c(c7)c(=O)n7c(=O)c9cc(-c%10ccc%11c(c%10)C(C)(C)c%10cc(-c%12ccc%13c(c%12)C(C)(C)c%12cc(-c%14ccc%15c(c%14)C(CCCCCCCC)(CCCCCCCC)c%14ccccc%14-%15)ccc%12-%13)ccc%10-%11)ccc9n87)ccc5-6)ccc3-4)cc21. The first-order chi connectivity index (χ1) is 66.1. The third-order valence-electron chi connectivity index (χ3n) is 34.6. The molecule has 6 aliphatic rings. The minimum absolute atomic E-state index is 0.0356. The van der Waals surface area contributed by atoms with Gasteiger partial charge in [-0.15, -0.1) is 0 Å². The second-order valence-electron chi connectivity index (χ2n) is 44.1. The van der Waals surface area contributed by atoms with E-state index < -0.39 is 0 Å². The van der Waals surface area contributed by atoms with Crippen LogP contribution in [0.2, 0.25) is 0 Å². The van der Waals surface area contributed by atoms with E-state index in [1.54, 1.807) is 22.3 Å². The maximum Gasteiger partial charge on any atom is 0.282 e. The number of nitrogens with zero attached hydrogens (tertiary/aromatic N) is 2. The Morgan fingerprint density at radius 2 is 0.368 bits per heavy atom. The van der Waals surface area contributed by atoms with Gasteiger partial charge in [0.25, 0.3) is 11.1 Å². The molecule has 0 amide bonds. The number of fused-ring (bicyclic) bond motifs is 23. The second kappa shape index (κ2) is 35.2. The summed E-state index contributed by atoms with van der Waals surface area (Å²) in [6.45, 7) is 28.5. The summed E-state index contributed by atoms with van der Waals surface area (Å²) in [5.41, 5.74) is 47.2. The Balaban J connectivity index is 0.492. The van der Waals surface area contributed by atoms with Crippen LogP contribution in [0, 0.1) is 0 Å². The third-order valence-corrected chi connectivity index (χ3v) is 34.6. The maximum absolute atomic E-state index is 14.9. The molecular formula is C132H136N2O2. The van der Waals surface area contributed by atoms with Crippen LogP contribution in [0.25, 0.3) is 155 Å². The molecule has 0 saturated carbocycles.